The number of isocyanates is 1. The van der Waals surface area contributed by atoms with E-state index in [2.05, 4.69) is 9.71 Å². The molecule has 26 heavy (non-hydrogen) atoms. The number of hydrogen-bond acceptors (Lipinski definition) is 6. The third-order valence-electron chi connectivity index (χ3n) is 3.79. The van der Waals surface area contributed by atoms with Crippen molar-refractivity contribution >= 4 is 27.9 Å². The fourth-order valence-corrected chi connectivity index (χ4v) is 3.85. The molecule has 0 atom stereocenters. The van der Waals surface area contributed by atoms with Gasteiger partial charge in [-0.2, -0.15) is 4.99 Å². The van der Waals surface area contributed by atoms with Gasteiger partial charge in [-0.25, -0.2) is 22.7 Å². The van der Waals surface area contributed by atoms with Crippen LogP contribution in [-0.2, 0) is 19.6 Å². The van der Waals surface area contributed by atoms with E-state index in [1.165, 1.54) is 30.3 Å². The molecule has 1 saturated heterocycles. The van der Waals surface area contributed by atoms with Crippen LogP contribution in [0.5, 0.6) is 0 Å². The average Bonchev–Trinajstić information content (AvgIpc) is 2.54. The van der Waals surface area contributed by atoms with E-state index in [0.29, 0.717) is 31.6 Å². The predicted molar refractivity (Wildman–Crippen MR) is 95.4 cm³/mol. The molecule has 0 saturated carbocycles. The Kier molecular flexibility index (Phi) is 6.17. The lowest BCUT2D eigenvalue weighted by atomic mass is 10.1. The van der Waals surface area contributed by atoms with Crippen LogP contribution in [0.25, 0.3) is 0 Å². The van der Waals surface area contributed by atoms with E-state index >= 15 is 0 Å². The Morgan fingerprint density at radius 1 is 1.23 bits per heavy atom. The van der Waals surface area contributed by atoms with Crippen LogP contribution in [0.15, 0.2) is 34.2 Å². The first-order valence-electron chi connectivity index (χ1n) is 8.29. The van der Waals surface area contributed by atoms with Gasteiger partial charge in [-0.1, -0.05) is 0 Å². The van der Waals surface area contributed by atoms with Crippen molar-refractivity contribution in [2.75, 3.05) is 13.1 Å². The molecule has 0 aliphatic carbocycles. The highest BCUT2D eigenvalue weighted by atomic mass is 32.2. The summed E-state index contributed by atoms with van der Waals surface area (Å²) in [5.41, 5.74) is -0.222. The number of sulfonamides is 1. The van der Waals surface area contributed by atoms with Gasteiger partial charge in [0, 0.05) is 19.1 Å². The van der Waals surface area contributed by atoms with E-state index in [0.717, 1.165) is 0 Å². The zero-order valence-electron chi connectivity index (χ0n) is 15.1. The number of carbonyl (C=O) groups excluding carboxylic acids is 2. The second kappa shape index (κ2) is 7.99. The van der Waals surface area contributed by atoms with Crippen molar-refractivity contribution in [2.45, 2.75) is 50.2 Å². The summed E-state index contributed by atoms with van der Waals surface area (Å²) in [6.07, 6.45) is 2.03. The Morgan fingerprint density at radius 3 is 2.31 bits per heavy atom. The maximum absolute atomic E-state index is 12.4. The van der Waals surface area contributed by atoms with Gasteiger partial charge >= 0.3 is 6.09 Å². The topological polar surface area (TPSA) is 105 Å². The average molecular weight is 381 g/mol. The number of ether oxygens (including phenoxy) is 1. The Bertz CT molecular complexity index is 785. The van der Waals surface area contributed by atoms with Crippen LogP contribution in [0, 0.1) is 0 Å². The van der Waals surface area contributed by atoms with E-state index in [-0.39, 0.29) is 17.0 Å². The summed E-state index contributed by atoms with van der Waals surface area (Å²) in [5.74, 6) is 0. The smallest absolute Gasteiger partial charge is 0.410 e. The molecule has 0 radical (unpaired) electrons. The molecule has 1 aliphatic heterocycles. The van der Waals surface area contributed by atoms with Crippen LogP contribution in [-0.4, -0.2) is 50.2 Å². The number of piperidine rings is 1. The molecule has 1 fully saturated rings. The number of aliphatic imine (C=N–C) groups is 1. The van der Waals surface area contributed by atoms with Gasteiger partial charge in [0.05, 0.1) is 10.6 Å². The van der Waals surface area contributed by atoms with Gasteiger partial charge in [-0.15, -0.1) is 0 Å². The normalized spacial score (nSPS) is 16.0. The molecule has 1 aromatic carbocycles. The maximum atomic E-state index is 12.4. The minimum Gasteiger partial charge on any atom is -0.444 e. The Hall–Kier alpha value is -2.22. The van der Waals surface area contributed by atoms with Crippen molar-refractivity contribution in [3.63, 3.8) is 0 Å². The number of amides is 1. The van der Waals surface area contributed by atoms with E-state index in [1.54, 1.807) is 25.7 Å². The van der Waals surface area contributed by atoms with Crippen molar-refractivity contribution in [1.82, 2.24) is 9.62 Å². The van der Waals surface area contributed by atoms with Crippen LogP contribution in [0.3, 0.4) is 0 Å². The molecule has 9 heteroatoms. The molecular weight excluding hydrogens is 358 g/mol. The summed E-state index contributed by atoms with van der Waals surface area (Å²) in [6.45, 7) is 6.26. The zero-order chi connectivity index (χ0) is 19.4. The number of benzene rings is 1. The van der Waals surface area contributed by atoms with E-state index in [9.17, 15) is 18.0 Å². The van der Waals surface area contributed by atoms with Gasteiger partial charge in [0.1, 0.15) is 5.60 Å². The van der Waals surface area contributed by atoms with Crippen molar-refractivity contribution in [3.8, 4) is 0 Å². The van der Waals surface area contributed by atoms with Gasteiger partial charge in [0.2, 0.25) is 16.1 Å². The van der Waals surface area contributed by atoms with Crippen LogP contribution >= 0.6 is 0 Å². The predicted octanol–water partition coefficient (Wildman–Crippen LogP) is 2.33. The number of nitrogens with one attached hydrogen (secondary N) is 1. The molecule has 1 N–H and O–H groups in total. The summed E-state index contributed by atoms with van der Waals surface area (Å²) in [5, 5.41) is 0. The van der Waals surface area contributed by atoms with Gasteiger partial charge in [0.15, 0.2) is 0 Å². The van der Waals surface area contributed by atoms with Crippen molar-refractivity contribution in [3.05, 3.63) is 24.3 Å². The number of carbonyl (C=O) groups is 1. The Labute approximate surface area is 153 Å². The van der Waals surface area contributed by atoms with Gasteiger partial charge in [0.25, 0.3) is 0 Å². The van der Waals surface area contributed by atoms with E-state index in [1.807, 2.05) is 0 Å². The van der Waals surface area contributed by atoms with Crippen LogP contribution < -0.4 is 4.72 Å². The number of nitrogens with zero attached hydrogens (tertiary/aromatic N) is 2. The number of rotatable bonds is 4. The molecule has 0 bridgehead atoms. The minimum absolute atomic E-state index is 0.0944. The van der Waals surface area contributed by atoms with E-state index in [4.69, 9.17) is 4.74 Å². The first-order valence-corrected chi connectivity index (χ1v) is 9.77. The highest BCUT2D eigenvalue weighted by Crippen LogP contribution is 2.19. The molecular formula is C17H23N3O5S. The lowest BCUT2D eigenvalue weighted by Gasteiger charge is -2.33. The van der Waals surface area contributed by atoms with E-state index < -0.39 is 15.6 Å². The first-order chi connectivity index (χ1) is 12.1. The summed E-state index contributed by atoms with van der Waals surface area (Å²) in [7, 11) is -3.68. The molecule has 1 heterocycles. The molecule has 142 valence electrons. The van der Waals surface area contributed by atoms with Gasteiger partial charge in [-0.05, 0) is 57.9 Å². The molecule has 0 aromatic heterocycles. The standard InChI is InChI=1S/C17H23N3O5S/c1-17(2,3)25-16(22)20-10-8-14(9-11-20)19-26(23,24)15-6-4-13(5-7-15)18-12-21/h4-7,14,19H,8-11H2,1-3H3. The second-order valence-electron chi connectivity index (χ2n) is 7.06. The molecule has 8 nitrogen and oxygen atoms in total. The van der Waals surface area contributed by atoms with Gasteiger partial charge < -0.3 is 9.64 Å². The number of likely N-dealkylation sites (tertiary alicyclic amines) is 1. The largest absolute Gasteiger partial charge is 0.444 e. The molecule has 1 aromatic rings. The third kappa shape index (κ3) is 5.66. The van der Waals surface area contributed by atoms with Crippen LogP contribution in [0.2, 0.25) is 0 Å². The minimum atomic E-state index is -3.68. The SMILES string of the molecule is CC(C)(C)OC(=O)N1CCC(NS(=O)(=O)c2ccc(N=C=O)cc2)CC1. The lowest BCUT2D eigenvalue weighted by Crippen LogP contribution is -2.47. The molecule has 0 spiro atoms. The highest BCUT2D eigenvalue weighted by Gasteiger charge is 2.29. The monoisotopic (exact) mass is 381 g/mol. The molecule has 1 aliphatic rings. The lowest BCUT2D eigenvalue weighted by molar-refractivity contribution is 0.0203. The Balaban J connectivity index is 1.93. The first kappa shape index (κ1) is 20.1. The fourth-order valence-electron chi connectivity index (χ4n) is 2.55. The highest BCUT2D eigenvalue weighted by molar-refractivity contribution is 7.89. The molecule has 2 rings (SSSR count). The molecule has 1 amide bonds. The second-order valence-corrected chi connectivity index (χ2v) is 8.77. The van der Waals surface area contributed by atoms with Crippen LogP contribution in [0.1, 0.15) is 33.6 Å². The number of hydrogen-bond donors (Lipinski definition) is 1. The van der Waals surface area contributed by atoms with Crippen LogP contribution in [0.4, 0.5) is 10.5 Å². The van der Waals surface area contributed by atoms with Crippen molar-refractivity contribution in [2.24, 2.45) is 4.99 Å². The summed E-state index contributed by atoms with van der Waals surface area (Å²) >= 11 is 0. The zero-order valence-corrected chi connectivity index (χ0v) is 15.9. The maximum Gasteiger partial charge on any atom is 0.410 e. The summed E-state index contributed by atoms with van der Waals surface area (Å²) in [6, 6.07) is 5.38. The summed E-state index contributed by atoms with van der Waals surface area (Å²) < 4.78 is 32.9. The molecule has 0 unspecified atom stereocenters. The third-order valence-corrected chi connectivity index (χ3v) is 5.33. The fraction of sp³-hybridized carbons (Fsp3) is 0.529. The summed E-state index contributed by atoms with van der Waals surface area (Å²) in [4.78, 5) is 27.4. The van der Waals surface area contributed by atoms with Crippen molar-refractivity contribution < 1.29 is 22.7 Å². The van der Waals surface area contributed by atoms with Crippen molar-refractivity contribution in [1.29, 1.82) is 0 Å². The van der Waals surface area contributed by atoms with Gasteiger partial charge in [-0.3, -0.25) is 0 Å². The Morgan fingerprint density at radius 2 is 1.81 bits per heavy atom. The quantitative estimate of drug-likeness (QED) is 0.636.